The van der Waals surface area contributed by atoms with Crippen LogP contribution in [-0.4, -0.2) is 35.9 Å². The van der Waals surface area contributed by atoms with Crippen molar-refractivity contribution >= 4 is 5.82 Å². The third kappa shape index (κ3) is 3.06. The van der Waals surface area contributed by atoms with Gasteiger partial charge in [0, 0.05) is 31.6 Å². The van der Waals surface area contributed by atoms with E-state index in [2.05, 4.69) is 39.5 Å². The van der Waals surface area contributed by atoms with Crippen molar-refractivity contribution in [1.29, 1.82) is 0 Å². The Balaban J connectivity index is 1.67. The number of aromatic nitrogens is 2. The quantitative estimate of drug-likeness (QED) is 0.886. The zero-order chi connectivity index (χ0) is 13.1. The zero-order valence-electron chi connectivity index (χ0n) is 11.8. The highest BCUT2D eigenvalue weighted by molar-refractivity contribution is 5.38. The largest absolute Gasteiger partial charge is 0.352 e. The third-order valence-corrected chi connectivity index (χ3v) is 4.39. The van der Waals surface area contributed by atoms with Gasteiger partial charge in [0.1, 0.15) is 0 Å². The molecule has 104 valence electrons. The summed E-state index contributed by atoms with van der Waals surface area (Å²) in [6.45, 7) is 5.31. The molecule has 3 rings (SSSR count). The van der Waals surface area contributed by atoms with E-state index in [-0.39, 0.29) is 0 Å². The van der Waals surface area contributed by atoms with E-state index in [0.29, 0.717) is 12.0 Å². The lowest BCUT2D eigenvalue weighted by molar-refractivity contribution is 0.433. The molecule has 0 spiro atoms. The van der Waals surface area contributed by atoms with E-state index >= 15 is 0 Å². The molecule has 0 bridgehead atoms. The molecular weight excluding hydrogens is 236 g/mol. The minimum atomic E-state index is 0.536. The smallest absolute Gasteiger partial charge is 0.151 e. The molecule has 2 fully saturated rings. The van der Waals surface area contributed by atoms with Crippen LogP contribution in [-0.2, 0) is 0 Å². The number of rotatable bonds is 2. The Morgan fingerprint density at radius 2 is 2.00 bits per heavy atom. The Morgan fingerprint density at radius 1 is 1.16 bits per heavy atom. The third-order valence-electron chi connectivity index (χ3n) is 4.39. The Kier molecular flexibility index (Phi) is 3.97. The van der Waals surface area contributed by atoms with Gasteiger partial charge in [-0.1, -0.05) is 19.3 Å². The first-order valence-corrected chi connectivity index (χ1v) is 7.65. The summed E-state index contributed by atoms with van der Waals surface area (Å²) < 4.78 is 0. The van der Waals surface area contributed by atoms with Crippen LogP contribution in [0.5, 0.6) is 0 Å². The summed E-state index contributed by atoms with van der Waals surface area (Å²) in [4.78, 5) is 2.33. The SMILES string of the molecule is CC1CN(c2ccc(C3CCCCC3)nn2)CCN1. The molecule has 2 aliphatic rings. The fourth-order valence-corrected chi connectivity index (χ4v) is 3.26. The molecule has 2 heterocycles. The molecule has 0 amide bonds. The fraction of sp³-hybridized carbons (Fsp3) is 0.733. The van der Waals surface area contributed by atoms with Crippen LogP contribution < -0.4 is 10.2 Å². The lowest BCUT2D eigenvalue weighted by Gasteiger charge is -2.32. The van der Waals surface area contributed by atoms with Gasteiger partial charge in [-0.15, -0.1) is 5.10 Å². The lowest BCUT2D eigenvalue weighted by Crippen LogP contribution is -2.49. The van der Waals surface area contributed by atoms with E-state index in [1.165, 1.54) is 37.8 Å². The topological polar surface area (TPSA) is 41.1 Å². The highest BCUT2D eigenvalue weighted by atomic mass is 15.3. The summed E-state index contributed by atoms with van der Waals surface area (Å²) in [7, 11) is 0. The van der Waals surface area contributed by atoms with Crippen LogP contribution in [0.25, 0.3) is 0 Å². The van der Waals surface area contributed by atoms with Crippen molar-refractivity contribution in [3.8, 4) is 0 Å². The number of hydrogen-bond donors (Lipinski definition) is 1. The van der Waals surface area contributed by atoms with E-state index in [9.17, 15) is 0 Å². The van der Waals surface area contributed by atoms with Gasteiger partial charge < -0.3 is 10.2 Å². The van der Waals surface area contributed by atoms with Crippen molar-refractivity contribution in [2.75, 3.05) is 24.5 Å². The number of hydrogen-bond acceptors (Lipinski definition) is 4. The van der Waals surface area contributed by atoms with E-state index in [1.807, 2.05) is 0 Å². The molecule has 1 saturated carbocycles. The minimum Gasteiger partial charge on any atom is -0.352 e. The van der Waals surface area contributed by atoms with Crippen molar-refractivity contribution < 1.29 is 0 Å². The van der Waals surface area contributed by atoms with Crippen molar-refractivity contribution in [2.45, 2.75) is 51.0 Å². The highest BCUT2D eigenvalue weighted by Crippen LogP contribution is 2.31. The molecule has 4 heteroatoms. The fourth-order valence-electron chi connectivity index (χ4n) is 3.26. The predicted molar refractivity (Wildman–Crippen MR) is 77.5 cm³/mol. The number of nitrogens with one attached hydrogen (secondary N) is 1. The van der Waals surface area contributed by atoms with E-state index in [4.69, 9.17) is 0 Å². The molecule has 1 unspecified atom stereocenters. The molecule has 1 atom stereocenters. The van der Waals surface area contributed by atoms with Crippen LogP contribution >= 0.6 is 0 Å². The van der Waals surface area contributed by atoms with Crippen LogP contribution in [0.4, 0.5) is 5.82 Å². The van der Waals surface area contributed by atoms with Gasteiger partial charge in [-0.2, -0.15) is 5.10 Å². The van der Waals surface area contributed by atoms with Gasteiger partial charge in [-0.3, -0.25) is 0 Å². The van der Waals surface area contributed by atoms with Gasteiger partial charge in [-0.05, 0) is 31.9 Å². The number of piperazine rings is 1. The molecule has 4 nitrogen and oxygen atoms in total. The van der Waals surface area contributed by atoms with Crippen molar-refractivity contribution in [2.24, 2.45) is 0 Å². The van der Waals surface area contributed by atoms with E-state index < -0.39 is 0 Å². The summed E-state index contributed by atoms with van der Waals surface area (Å²) in [6, 6.07) is 4.90. The van der Waals surface area contributed by atoms with E-state index in [1.54, 1.807) is 0 Å². The van der Waals surface area contributed by atoms with Gasteiger partial charge in [-0.25, -0.2) is 0 Å². The van der Waals surface area contributed by atoms with Gasteiger partial charge in [0.05, 0.1) is 5.69 Å². The van der Waals surface area contributed by atoms with Crippen LogP contribution in [0, 0.1) is 0 Å². The molecule has 1 N–H and O–H groups in total. The summed E-state index contributed by atoms with van der Waals surface area (Å²) in [5, 5.41) is 12.4. The molecule has 1 aromatic rings. The first kappa shape index (κ1) is 12.9. The first-order valence-electron chi connectivity index (χ1n) is 7.65. The maximum Gasteiger partial charge on any atom is 0.151 e. The monoisotopic (exact) mass is 260 g/mol. The summed E-state index contributed by atoms with van der Waals surface area (Å²) in [6.07, 6.45) is 6.67. The summed E-state index contributed by atoms with van der Waals surface area (Å²) in [5.74, 6) is 1.69. The summed E-state index contributed by atoms with van der Waals surface area (Å²) in [5.41, 5.74) is 1.20. The Bertz CT molecular complexity index is 397. The molecule has 1 aromatic heterocycles. The van der Waals surface area contributed by atoms with Gasteiger partial charge in [0.15, 0.2) is 5.82 Å². The Morgan fingerprint density at radius 3 is 2.68 bits per heavy atom. The molecule has 19 heavy (non-hydrogen) atoms. The second-order valence-electron chi connectivity index (χ2n) is 5.95. The lowest BCUT2D eigenvalue weighted by atomic mass is 9.87. The van der Waals surface area contributed by atoms with Gasteiger partial charge >= 0.3 is 0 Å². The maximum atomic E-state index is 4.49. The molecule has 0 radical (unpaired) electrons. The molecular formula is C15H24N4. The normalized spacial score (nSPS) is 25.5. The minimum absolute atomic E-state index is 0.536. The highest BCUT2D eigenvalue weighted by Gasteiger charge is 2.20. The Hall–Kier alpha value is -1.16. The average molecular weight is 260 g/mol. The predicted octanol–water partition coefficient (Wildman–Crippen LogP) is 2.32. The van der Waals surface area contributed by atoms with Crippen molar-refractivity contribution in [3.63, 3.8) is 0 Å². The molecule has 1 aliphatic heterocycles. The van der Waals surface area contributed by atoms with Gasteiger partial charge in [0.2, 0.25) is 0 Å². The first-order chi connectivity index (χ1) is 9.33. The molecule has 0 aromatic carbocycles. The van der Waals surface area contributed by atoms with Crippen molar-refractivity contribution in [3.05, 3.63) is 17.8 Å². The summed E-state index contributed by atoms with van der Waals surface area (Å²) >= 11 is 0. The van der Waals surface area contributed by atoms with Gasteiger partial charge in [0.25, 0.3) is 0 Å². The zero-order valence-corrected chi connectivity index (χ0v) is 11.8. The number of nitrogens with zero attached hydrogens (tertiary/aromatic N) is 3. The second kappa shape index (κ2) is 5.87. The molecule has 1 aliphatic carbocycles. The second-order valence-corrected chi connectivity index (χ2v) is 5.95. The number of anilines is 1. The van der Waals surface area contributed by atoms with E-state index in [0.717, 1.165) is 25.5 Å². The van der Waals surface area contributed by atoms with Crippen LogP contribution in [0.3, 0.4) is 0 Å². The maximum absolute atomic E-state index is 4.49. The molecule has 1 saturated heterocycles. The standard InChI is InChI=1S/C15H24N4/c1-12-11-19(10-9-16-12)15-8-7-14(17-18-15)13-5-3-2-4-6-13/h7-8,12-13,16H,2-6,9-11H2,1H3. The average Bonchev–Trinajstić information content (AvgIpc) is 2.48. The van der Waals surface area contributed by atoms with Crippen LogP contribution in [0.2, 0.25) is 0 Å². The van der Waals surface area contributed by atoms with Crippen LogP contribution in [0.1, 0.15) is 50.6 Å². The Labute approximate surface area is 115 Å². The van der Waals surface area contributed by atoms with Crippen molar-refractivity contribution in [1.82, 2.24) is 15.5 Å². The van der Waals surface area contributed by atoms with Crippen LogP contribution in [0.15, 0.2) is 12.1 Å².